The van der Waals surface area contributed by atoms with Crippen LogP contribution in [0, 0.1) is 0 Å². The van der Waals surface area contributed by atoms with E-state index in [1.54, 1.807) is 48.8 Å². The topological polar surface area (TPSA) is 102 Å². The number of unbranched alkanes of at least 4 members (excludes halogenated alkanes) is 1. The molecule has 3 rings (SSSR count). The summed E-state index contributed by atoms with van der Waals surface area (Å²) in [4.78, 5) is 20.2. The third-order valence-electron chi connectivity index (χ3n) is 3.53. The second kappa shape index (κ2) is 8.61. The van der Waals surface area contributed by atoms with Crippen molar-refractivity contribution in [1.29, 1.82) is 0 Å². The Morgan fingerprint density at radius 2 is 1.92 bits per heavy atom. The number of anilines is 1. The lowest BCUT2D eigenvalue weighted by atomic mass is 10.2. The van der Waals surface area contributed by atoms with Crippen molar-refractivity contribution in [2.45, 2.75) is 19.8 Å². The molecule has 1 aromatic carbocycles. The van der Waals surface area contributed by atoms with Crippen LogP contribution in [0.2, 0.25) is 0 Å². The molecule has 8 nitrogen and oxygen atoms in total. The molecule has 0 aliphatic heterocycles. The Hall–Kier alpha value is -3.42. The lowest BCUT2D eigenvalue weighted by Crippen LogP contribution is -2.29. The van der Waals surface area contributed by atoms with Crippen molar-refractivity contribution in [2.75, 3.05) is 12.0 Å². The molecule has 26 heavy (non-hydrogen) atoms. The summed E-state index contributed by atoms with van der Waals surface area (Å²) in [6, 6.07) is 10.5. The molecule has 3 aromatic rings. The highest BCUT2D eigenvalue weighted by Gasteiger charge is 2.10. The maximum absolute atomic E-state index is 12.2. The van der Waals surface area contributed by atoms with Gasteiger partial charge >= 0.3 is 6.01 Å². The van der Waals surface area contributed by atoms with E-state index < -0.39 is 0 Å². The molecule has 1 amide bonds. The first-order chi connectivity index (χ1) is 12.8. The van der Waals surface area contributed by atoms with Gasteiger partial charge in [-0.05, 0) is 42.8 Å². The molecule has 0 fully saturated rings. The predicted octanol–water partition coefficient (Wildman–Crippen LogP) is 3.07. The van der Waals surface area contributed by atoms with E-state index in [1.807, 2.05) is 0 Å². The second-order valence-electron chi connectivity index (χ2n) is 5.46. The smallest absolute Gasteiger partial charge is 0.340 e. The number of nitrogens with one attached hydrogen (secondary N) is 2. The van der Waals surface area contributed by atoms with Crippen molar-refractivity contribution in [3.63, 3.8) is 0 Å². The molecular formula is C18H19N5O3. The maximum atomic E-state index is 12.2. The van der Waals surface area contributed by atoms with Gasteiger partial charge in [0.05, 0.1) is 6.61 Å². The number of aromatic nitrogens is 3. The number of ether oxygens (including phenoxy) is 1. The Morgan fingerprint density at radius 1 is 1.15 bits per heavy atom. The highest BCUT2D eigenvalue weighted by Crippen LogP contribution is 2.16. The molecule has 0 aliphatic carbocycles. The molecule has 0 atom stereocenters. The average Bonchev–Trinajstić information content (AvgIpc) is 3.17. The van der Waals surface area contributed by atoms with Gasteiger partial charge in [0.15, 0.2) is 0 Å². The van der Waals surface area contributed by atoms with Gasteiger partial charge in [-0.25, -0.2) is 5.43 Å². The fourth-order valence-electron chi connectivity index (χ4n) is 2.11. The van der Waals surface area contributed by atoms with Crippen molar-refractivity contribution >= 4 is 11.9 Å². The van der Waals surface area contributed by atoms with Gasteiger partial charge in [0, 0.05) is 23.5 Å². The second-order valence-corrected chi connectivity index (χ2v) is 5.46. The highest BCUT2D eigenvalue weighted by atomic mass is 16.5. The van der Waals surface area contributed by atoms with Crippen molar-refractivity contribution in [3.8, 4) is 17.1 Å². The summed E-state index contributed by atoms with van der Waals surface area (Å²) in [6.07, 6.45) is 5.34. The first-order valence-electron chi connectivity index (χ1n) is 8.29. The maximum Gasteiger partial charge on any atom is 0.340 e. The van der Waals surface area contributed by atoms with Gasteiger partial charge in [-0.1, -0.05) is 18.5 Å². The first kappa shape index (κ1) is 17.4. The predicted molar refractivity (Wildman–Crippen MR) is 95.5 cm³/mol. The summed E-state index contributed by atoms with van der Waals surface area (Å²) >= 11 is 0. The standard InChI is InChI=1S/C18H19N5O3/c1-2-3-12-25-15-6-4-14(5-7-15)17(24)21-22-18-20-16(23-26-18)13-8-10-19-11-9-13/h4-11H,2-3,12H2,1H3,(H,21,24)(H,20,22,23). The first-order valence-corrected chi connectivity index (χ1v) is 8.29. The van der Waals surface area contributed by atoms with Crippen LogP contribution in [0.5, 0.6) is 5.75 Å². The van der Waals surface area contributed by atoms with E-state index in [1.165, 1.54) is 0 Å². The Kier molecular flexibility index (Phi) is 5.76. The molecule has 134 valence electrons. The van der Waals surface area contributed by atoms with Crippen molar-refractivity contribution < 1.29 is 14.1 Å². The minimum absolute atomic E-state index is 0.0877. The fraction of sp³-hybridized carbons (Fsp3) is 0.222. The van der Waals surface area contributed by atoms with Crippen LogP contribution < -0.4 is 15.6 Å². The molecule has 2 aromatic heterocycles. The van der Waals surface area contributed by atoms with E-state index >= 15 is 0 Å². The zero-order valence-corrected chi connectivity index (χ0v) is 14.3. The summed E-state index contributed by atoms with van der Waals surface area (Å²) in [5, 5.41) is 3.84. The number of benzene rings is 1. The van der Waals surface area contributed by atoms with Crippen LogP contribution >= 0.6 is 0 Å². The molecule has 0 unspecified atom stereocenters. The van der Waals surface area contributed by atoms with E-state index in [4.69, 9.17) is 9.26 Å². The number of hydrogen-bond donors (Lipinski definition) is 2. The van der Waals surface area contributed by atoms with Crippen LogP contribution in [0.15, 0.2) is 53.3 Å². The Bertz CT molecular complexity index is 834. The summed E-state index contributed by atoms with van der Waals surface area (Å²) < 4.78 is 10.6. The van der Waals surface area contributed by atoms with Crippen molar-refractivity contribution in [1.82, 2.24) is 20.6 Å². The Morgan fingerprint density at radius 3 is 2.65 bits per heavy atom. The van der Waals surface area contributed by atoms with Gasteiger partial charge in [-0.3, -0.25) is 15.2 Å². The molecule has 8 heteroatoms. The zero-order valence-electron chi connectivity index (χ0n) is 14.3. The highest BCUT2D eigenvalue weighted by molar-refractivity contribution is 5.94. The number of hydrogen-bond acceptors (Lipinski definition) is 7. The van der Waals surface area contributed by atoms with Gasteiger partial charge in [0.1, 0.15) is 5.75 Å². The molecule has 0 bridgehead atoms. The number of amides is 1. The van der Waals surface area contributed by atoms with E-state index in [0.717, 1.165) is 24.2 Å². The van der Waals surface area contributed by atoms with E-state index in [0.29, 0.717) is 18.0 Å². The van der Waals surface area contributed by atoms with Gasteiger partial charge in [0.2, 0.25) is 5.82 Å². The summed E-state index contributed by atoms with van der Waals surface area (Å²) in [7, 11) is 0. The Labute approximate surface area is 150 Å². The molecule has 2 N–H and O–H groups in total. The van der Waals surface area contributed by atoms with Gasteiger partial charge in [-0.2, -0.15) is 4.98 Å². The van der Waals surface area contributed by atoms with E-state index in [-0.39, 0.29) is 11.9 Å². The largest absolute Gasteiger partial charge is 0.494 e. The molecule has 2 heterocycles. The summed E-state index contributed by atoms with van der Waals surface area (Å²) in [6.45, 7) is 2.77. The van der Waals surface area contributed by atoms with Crippen LogP contribution in [0.1, 0.15) is 30.1 Å². The lowest BCUT2D eigenvalue weighted by molar-refractivity contribution is 0.0961. The zero-order chi connectivity index (χ0) is 18.2. The third-order valence-corrected chi connectivity index (χ3v) is 3.53. The quantitative estimate of drug-likeness (QED) is 0.474. The van der Waals surface area contributed by atoms with Crippen molar-refractivity contribution in [2.24, 2.45) is 0 Å². The summed E-state index contributed by atoms with van der Waals surface area (Å²) in [5.74, 6) is 0.813. The molecule has 0 aliphatic rings. The normalized spacial score (nSPS) is 10.3. The molecule has 0 radical (unpaired) electrons. The van der Waals surface area contributed by atoms with E-state index in [2.05, 4.69) is 32.9 Å². The monoisotopic (exact) mass is 353 g/mol. The molecule has 0 spiro atoms. The fourth-order valence-corrected chi connectivity index (χ4v) is 2.11. The lowest BCUT2D eigenvalue weighted by Gasteiger charge is -2.07. The van der Waals surface area contributed by atoms with Crippen LogP contribution in [0.4, 0.5) is 6.01 Å². The van der Waals surface area contributed by atoms with E-state index in [9.17, 15) is 4.79 Å². The van der Waals surface area contributed by atoms with Crippen LogP contribution in [0.25, 0.3) is 11.4 Å². The molecule has 0 saturated carbocycles. The minimum Gasteiger partial charge on any atom is -0.494 e. The van der Waals surface area contributed by atoms with Crippen LogP contribution in [0.3, 0.4) is 0 Å². The van der Waals surface area contributed by atoms with Crippen molar-refractivity contribution in [3.05, 3.63) is 54.4 Å². The van der Waals surface area contributed by atoms with Crippen LogP contribution in [-0.4, -0.2) is 27.6 Å². The molecular weight excluding hydrogens is 334 g/mol. The number of carbonyl (C=O) groups excluding carboxylic acids is 1. The number of nitrogens with zero attached hydrogens (tertiary/aromatic N) is 3. The number of hydrazine groups is 1. The number of pyridine rings is 1. The van der Waals surface area contributed by atoms with Gasteiger partial charge in [-0.15, -0.1) is 0 Å². The SMILES string of the molecule is CCCCOc1ccc(C(=O)NNc2nc(-c3ccncc3)no2)cc1. The number of rotatable bonds is 8. The molecule has 0 saturated heterocycles. The minimum atomic E-state index is -0.325. The summed E-state index contributed by atoms with van der Waals surface area (Å²) in [5.41, 5.74) is 6.36. The number of carbonyl (C=O) groups is 1. The van der Waals surface area contributed by atoms with Gasteiger partial charge in [0.25, 0.3) is 5.91 Å². The van der Waals surface area contributed by atoms with Crippen LogP contribution in [-0.2, 0) is 0 Å². The van der Waals surface area contributed by atoms with Gasteiger partial charge < -0.3 is 9.26 Å². The Balaban J connectivity index is 1.53. The average molecular weight is 353 g/mol. The third kappa shape index (κ3) is 4.56.